The monoisotopic (exact) mass is 295 g/mol. The molecule has 1 aromatic carbocycles. The second-order valence-electron chi connectivity index (χ2n) is 6.35. The number of rotatable bonds is 4. The van der Waals surface area contributed by atoms with Crippen molar-refractivity contribution in [1.82, 2.24) is 0 Å². The molecule has 1 aliphatic rings. The Hall–Kier alpha value is -1.00. The summed E-state index contributed by atoms with van der Waals surface area (Å²) in [6.45, 7) is 4.86. The molecule has 0 aliphatic heterocycles. The molecule has 1 saturated carbocycles. The summed E-state index contributed by atoms with van der Waals surface area (Å²) in [6.07, 6.45) is 4.64. The zero-order valence-corrected chi connectivity index (χ0v) is 12.9. The molecule has 2 rings (SSSR count). The minimum atomic E-state index is -0.263. The van der Waals surface area contributed by atoms with Gasteiger partial charge in [0.15, 0.2) is 0 Å². The average molecular weight is 295 g/mol. The van der Waals surface area contributed by atoms with Crippen LogP contribution in [0.1, 0.15) is 50.7 Å². The Labute approximate surface area is 125 Å². The van der Waals surface area contributed by atoms with Crippen LogP contribution in [0, 0.1) is 11.2 Å². The molecular formula is C16H22FNOS. The summed E-state index contributed by atoms with van der Waals surface area (Å²) >= 11 is 4.91. The van der Waals surface area contributed by atoms with Crippen LogP contribution in [-0.2, 0) is 11.3 Å². The maximum absolute atomic E-state index is 13.7. The maximum Gasteiger partial charge on any atom is 0.128 e. The van der Waals surface area contributed by atoms with Crippen LogP contribution in [0.15, 0.2) is 18.2 Å². The van der Waals surface area contributed by atoms with Crippen molar-refractivity contribution in [1.29, 1.82) is 0 Å². The zero-order chi connectivity index (χ0) is 14.8. The average Bonchev–Trinajstić information content (AvgIpc) is 2.39. The van der Waals surface area contributed by atoms with Crippen molar-refractivity contribution in [3.8, 4) is 0 Å². The first-order valence-corrected chi connectivity index (χ1v) is 7.48. The van der Waals surface area contributed by atoms with Gasteiger partial charge in [0.2, 0.25) is 0 Å². The number of nitrogens with two attached hydrogens (primary N) is 1. The molecule has 0 aromatic heterocycles. The van der Waals surface area contributed by atoms with Crippen molar-refractivity contribution in [3.63, 3.8) is 0 Å². The molecule has 0 spiro atoms. The van der Waals surface area contributed by atoms with Crippen LogP contribution >= 0.6 is 12.2 Å². The summed E-state index contributed by atoms with van der Waals surface area (Å²) in [6, 6.07) is 4.69. The largest absolute Gasteiger partial charge is 0.389 e. The van der Waals surface area contributed by atoms with Gasteiger partial charge in [-0.3, -0.25) is 0 Å². The van der Waals surface area contributed by atoms with E-state index in [0.717, 1.165) is 25.7 Å². The van der Waals surface area contributed by atoms with Crippen LogP contribution in [0.3, 0.4) is 0 Å². The minimum absolute atomic E-state index is 0.232. The predicted molar refractivity (Wildman–Crippen MR) is 83.1 cm³/mol. The van der Waals surface area contributed by atoms with Crippen molar-refractivity contribution >= 4 is 17.2 Å². The lowest BCUT2D eigenvalue weighted by Gasteiger charge is -2.34. The Kier molecular flexibility index (Phi) is 4.76. The van der Waals surface area contributed by atoms with E-state index in [0.29, 0.717) is 16.5 Å². The first-order chi connectivity index (χ1) is 9.37. The fourth-order valence-corrected chi connectivity index (χ4v) is 2.71. The van der Waals surface area contributed by atoms with Crippen molar-refractivity contribution in [2.45, 2.75) is 52.2 Å². The first kappa shape index (κ1) is 15.4. The van der Waals surface area contributed by atoms with E-state index in [-0.39, 0.29) is 23.5 Å². The van der Waals surface area contributed by atoms with Gasteiger partial charge in [-0.25, -0.2) is 4.39 Å². The third-order valence-electron chi connectivity index (χ3n) is 4.09. The zero-order valence-electron chi connectivity index (χ0n) is 12.1. The van der Waals surface area contributed by atoms with Crippen LogP contribution < -0.4 is 5.73 Å². The van der Waals surface area contributed by atoms with Gasteiger partial charge in [-0.15, -0.1) is 0 Å². The highest BCUT2D eigenvalue weighted by Crippen LogP contribution is 2.36. The Morgan fingerprint density at radius 2 is 2.05 bits per heavy atom. The smallest absolute Gasteiger partial charge is 0.128 e. The summed E-state index contributed by atoms with van der Waals surface area (Å²) in [5, 5.41) is 0. The minimum Gasteiger partial charge on any atom is -0.389 e. The Morgan fingerprint density at radius 1 is 1.40 bits per heavy atom. The van der Waals surface area contributed by atoms with Crippen molar-refractivity contribution in [2.24, 2.45) is 11.1 Å². The summed E-state index contributed by atoms with van der Waals surface area (Å²) in [4.78, 5) is 0.283. The molecule has 0 atom stereocenters. The number of ether oxygens (including phenoxy) is 1. The number of hydrogen-bond donors (Lipinski definition) is 1. The van der Waals surface area contributed by atoms with E-state index in [9.17, 15) is 4.39 Å². The SMILES string of the molecule is CC1(C)CCC(OCc2cc(C(N)=S)ccc2F)CC1. The molecule has 2 nitrogen and oxygen atoms in total. The number of benzene rings is 1. The molecule has 0 heterocycles. The Bertz CT molecular complexity index is 491. The van der Waals surface area contributed by atoms with Crippen LogP contribution in [0.2, 0.25) is 0 Å². The van der Waals surface area contributed by atoms with E-state index in [4.69, 9.17) is 22.7 Å². The molecule has 0 unspecified atom stereocenters. The molecule has 20 heavy (non-hydrogen) atoms. The lowest BCUT2D eigenvalue weighted by atomic mass is 9.76. The second kappa shape index (κ2) is 6.19. The third kappa shape index (κ3) is 4.00. The van der Waals surface area contributed by atoms with Gasteiger partial charge in [0.05, 0.1) is 12.7 Å². The summed E-state index contributed by atoms with van der Waals surface area (Å²) in [5.41, 5.74) is 7.20. The summed E-state index contributed by atoms with van der Waals surface area (Å²) in [7, 11) is 0. The van der Waals surface area contributed by atoms with E-state index in [1.54, 1.807) is 12.1 Å². The summed E-state index contributed by atoms with van der Waals surface area (Å²) < 4.78 is 19.6. The lowest BCUT2D eigenvalue weighted by Crippen LogP contribution is -2.26. The molecular weight excluding hydrogens is 273 g/mol. The molecule has 2 N–H and O–H groups in total. The Balaban J connectivity index is 1.94. The van der Waals surface area contributed by atoms with Gasteiger partial charge in [-0.2, -0.15) is 0 Å². The molecule has 4 heteroatoms. The van der Waals surface area contributed by atoms with E-state index in [1.807, 2.05) is 0 Å². The van der Waals surface area contributed by atoms with Crippen molar-refractivity contribution < 1.29 is 9.13 Å². The topological polar surface area (TPSA) is 35.2 Å². The van der Waals surface area contributed by atoms with Crippen molar-refractivity contribution in [3.05, 3.63) is 35.1 Å². The highest BCUT2D eigenvalue weighted by atomic mass is 32.1. The first-order valence-electron chi connectivity index (χ1n) is 7.07. The van der Waals surface area contributed by atoms with E-state index < -0.39 is 0 Å². The molecule has 0 bridgehead atoms. The van der Waals surface area contributed by atoms with E-state index >= 15 is 0 Å². The normalized spacial score (nSPS) is 18.9. The van der Waals surface area contributed by atoms with Gasteiger partial charge in [0.1, 0.15) is 10.8 Å². The number of halogens is 1. The van der Waals surface area contributed by atoms with Gasteiger partial charge in [-0.05, 0) is 49.3 Å². The second-order valence-corrected chi connectivity index (χ2v) is 6.78. The van der Waals surface area contributed by atoms with Gasteiger partial charge in [0, 0.05) is 11.1 Å². The highest BCUT2D eigenvalue weighted by Gasteiger charge is 2.27. The maximum atomic E-state index is 13.7. The quantitative estimate of drug-likeness (QED) is 0.854. The van der Waals surface area contributed by atoms with E-state index in [2.05, 4.69) is 13.8 Å². The lowest BCUT2D eigenvalue weighted by molar-refractivity contribution is -0.00659. The predicted octanol–water partition coefficient (Wildman–Crippen LogP) is 3.95. The standard InChI is InChI=1S/C16H22FNOS/c1-16(2)7-5-13(6-8-16)19-10-12-9-11(15(18)20)3-4-14(12)17/h3-4,9,13H,5-8,10H2,1-2H3,(H2,18,20). The van der Waals surface area contributed by atoms with Crippen LogP contribution in [-0.4, -0.2) is 11.1 Å². The summed E-state index contributed by atoms with van der Waals surface area (Å²) in [5.74, 6) is -0.263. The van der Waals surface area contributed by atoms with Crippen LogP contribution in [0.25, 0.3) is 0 Å². The molecule has 0 radical (unpaired) electrons. The molecule has 0 amide bonds. The fourth-order valence-electron chi connectivity index (χ4n) is 2.59. The van der Waals surface area contributed by atoms with Crippen molar-refractivity contribution in [2.75, 3.05) is 0 Å². The van der Waals surface area contributed by atoms with Gasteiger partial charge in [0.25, 0.3) is 0 Å². The molecule has 110 valence electrons. The van der Waals surface area contributed by atoms with Crippen LogP contribution in [0.4, 0.5) is 4.39 Å². The fraction of sp³-hybridized carbons (Fsp3) is 0.562. The molecule has 0 saturated heterocycles. The van der Waals surface area contributed by atoms with Gasteiger partial charge in [-0.1, -0.05) is 26.1 Å². The van der Waals surface area contributed by atoms with Gasteiger partial charge < -0.3 is 10.5 Å². The van der Waals surface area contributed by atoms with E-state index in [1.165, 1.54) is 6.07 Å². The number of thiocarbonyl (C=S) groups is 1. The van der Waals surface area contributed by atoms with Gasteiger partial charge >= 0.3 is 0 Å². The van der Waals surface area contributed by atoms with Crippen LogP contribution in [0.5, 0.6) is 0 Å². The number of hydrogen-bond acceptors (Lipinski definition) is 2. The molecule has 1 aromatic rings. The highest BCUT2D eigenvalue weighted by molar-refractivity contribution is 7.80. The third-order valence-corrected chi connectivity index (χ3v) is 4.33. The molecule has 1 aliphatic carbocycles. The molecule has 1 fully saturated rings. The Morgan fingerprint density at radius 3 is 2.65 bits per heavy atom.